The second-order valence-electron chi connectivity index (χ2n) is 5.34. The molecule has 1 aromatic carbocycles. The number of alkyl halides is 3. The highest BCUT2D eigenvalue weighted by Gasteiger charge is 2.34. The van der Waals surface area contributed by atoms with E-state index in [1.165, 1.54) is 24.3 Å². The van der Waals surface area contributed by atoms with Crippen molar-refractivity contribution in [3.63, 3.8) is 0 Å². The third kappa shape index (κ3) is 2.73. The molecule has 0 amide bonds. The molecule has 0 atom stereocenters. The maximum Gasteiger partial charge on any atom is 0.433 e. The van der Waals surface area contributed by atoms with Gasteiger partial charge in [0, 0.05) is 17.3 Å². The maximum atomic E-state index is 13.4. The Hall–Kier alpha value is -3.23. The fourth-order valence-corrected chi connectivity index (χ4v) is 2.60. The molecule has 2 N–H and O–H groups in total. The van der Waals surface area contributed by atoms with Crippen molar-refractivity contribution in [3.8, 4) is 0 Å². The zero-order chi connectivity index (χ0) is 17.6. The fraction of sp³-hybridized carbons (Fsp3) is 0.0625. The summed E-state index contributed by atoms with van der Waals surface area (Å²) in [5.41, 5.74) is -0.0929. The molecule has 3 heterocycles. The first-order chi connectivity index (χ1) is 11.9. The van der Waals surface area contributed by atoms with E-state index < -0.39 is 17.7 Å². The van der Waals surface area contributed by atoms with Crippen molar-refractivity contribution in [3.05, 3.63) is 54.2 Å². The molecule has 3 aromatic heterocycles. The first kappa shape index (κ1) is 15.3. The SMILES string of the molecule is Fc1cnc2n[nH]c(Nc3ccc4c(C(F)(F)F)nccc4c3)c2c1. The van der Waals surface area contributed by atoms with E-state index in [2.05, 4.69) is 25.5 Å². The maximum absolute atomic E-state index is 13.4. The quantitative estimate of drug-likeness (QED) is 0.527. The van der Waals surface area contributed by atoms with Gasteiger partial charge in [0.05, 0.1) is 11.6 Å². The molecule has 0 bridgehead atoms. The lowest BCUT2D eigenvalue weighted by Crippen LogP contribution is -2.08. The van der Waals surface area contributed by atoms with Crippen molar-refractivity contribution in [1.82, 2.24) is 20.2 Å². The summed E-state index contributed by atoms with van der Waals surface area (Å²) in [6.07, 6.45) is -2.37. The third-order valence-electron chi connectivity index (χ3n) is 3.68. The summed E-state index contributed by atoms with van der Waals surface area (Å²) in [5, 5.41) is 10.4. The number of aromatic amines is 1. The molecule has 4 rings (SSSR count). The Balaban J connectivity index is 1.76. The molecule has 0 aliphatic rings. The van der Waals surface area contributed by atoms with Crippen LogP contribution in [-0.2, 0) is 6.18 Å². The number of benzene rings is 1. The molecular weight excluding hydrogens is 338 g/mol. The van der Waals surface area contributed by atoms with E-state index >= 15 is 0 Å². The van der Waals surface area contributed by atoms with Crippen LogP contribution < -0.4 is 5.32 Å². The highest BCUT2D eigenvalue weighted by atomic mass is 19.4. The van der Waals surface area contributed by atoms with Crippen molar-refractivity contribution in [2.24, 2.45) is 0 Å². The molecule has 126 valence electrons. The molecule has 0 saturated heterocycles. The molecule has 0 radical (unpaired) electrons. The van der Waals surface area contributed by atoms with Crippen LogP contribution >= 0.6 is 0 Å². The van der Waals surface area contributed by atoms with Gasteiger partial charge in [0.1, 0.15) is 11.6 Å². The number of nitrogens with zero attached hydrogens (tertiary/aromatic N) is 3. The van der Waals surface area contributed by atoms with Gasteiger partial charge in [-0.05, 0) is 29.7 Å². The predicted octanol–water partition coefficient (Wildman–Crippen LogP) is 4.41. The molecule has 9 heteroatoms. The summed E-state index contributed by atoms with van der Waals surface area (Å²) in [6, 6.07) is 7.12. The van der Waals surface area contributed by atoms with Gasteiger partial charge in [-0.1, -0.05) is 6.07 Å². The van der Waals surface area contributed by atoms with Crippen LogP contribution in [0.3, 0.4) is 0 Å². The van der Waals surface area contributed by atoms with Gasteiger partial charge >= 0.3 is 6.18 Å². The van der Waals surface area contributed by atoms with Crippen LogP contribution in [0.4, 0.5) is 29.1 Å². The first-order valence-electron chi connectivity index (χ1n) is 7.14. The average molecular weight is 347 g/mol. The standard InChI is InChI=1S/C16H9F4N5/c17-9-6-12-14(22-7-9)24-25-15(12)23-10-1-2-11-8(5-10)3-4-21-13(11)16(18,19)20/h1-7H,(H2,22,23,24,25). The van der Waals surface area contributed by atoms with Crippen LogP contribution in [0.15, 0.2) is 42.7 Å². The summed E-state index contributed by atoms with van der Waals surface area (Å²) >= 11 is 0. The van der Waals surface area contributed by atoms with Gasteiger partial charge in [0.15, 0.2) is 11.3 Å². The summed E-state index contributed by atoms with van der Waals surface area (Å²) in [6.45, 7) is 0. The highest BCUT2D eigenvalue weighted by molar-refractivity contribution is 5.92. The predicted molar refractivity (Wildman–Crippen MR) is 83.9 cm³/mol. The minimum absolute atomic E-state index is 0.00253. The molecule has 0 aliphatic carbocycles. The molecule has 0 spiro atoms. The topological polar surface area (TPSA) is 66.5 Å². The third-order valence-corrected chi connectivity index (χ3v) is 3.68. The van der Waals surface area contributed by atoms with Gasteiger partial charge in [-0.2, -0.15) is 18.3 Å². The molecule has 5 nitrogen and oxygen atoms in total. The Labute approximate surface area is 137 Å². The van der Waals surface area contributed by atoms with Gasteiger partial charge in [-0.15, -0.1) is 0 Å². The fourth-order valence-electron chi connectivity index (χ4n) is 2.60. The summed E-state index contributed by atoms with van der Waals surface area (Å²) < 4.78 is 52.4. The van der Waals surface area contributed by atoms with Crippen molar-refractivity contribution in [1.29, 1.82) is 0 Å². The lowest BCUT2D eigenvalue weighted by atomic mass is 10.1. The zero-order valence-corrected chi connectivity index (χ0v) is 12.4. The molecule has 0 saturated carbocycles. The Morgan fingerprint density at radius 3 is 2.64 bits per heavy atom. The number of hydrogen-bond acceptors (Lipinski definition) is 4. The molecule has 0 fully saturated rings. The lowest BCUT2D eigenvalue weighted by Gasteiger charge is -2.11. The average Bonchev–Trinajstić information content (AvgIpc) is 2.95. The number of pyridine rings is 2. The van der Waals surface area contributed by atoms with Crippen LogP contribution in [0.5, 0.6) is 0 Å². The number of halogens is 4. The lowest BCUT2D eigenvalue weighted by molar-refractivity contribution is -0.139. The van der Waals surface area contributed by atoms with Gasteiger partial charge in [-0.25, -0.2) is 9.37 Å². The molecular formula is C16H9F4N5. The molecule has 25 heavy (non-hydrogen) atoms. The number of aromatic nitrogens is 4. The highest BCUT2D eigenvalue weighted by Crippen LogP contribution is 2.34. The summed E-state index contributed by atoms with van der Waals surface area (Å²) in [5.74, 6) is -0.122. The van der Waals surface area contributed by atoms with Crippen LogP contribution in [-0.4, -0.2) is 20.2 Å². The van der Waals surface area contributed by atoms with E-state index in [4.69, 9.17) is 0 Å². The van der Waals surface area contributed by atoms with E-state index in [9.17, 15) is 17.6 Å². The van der Waals surface area contributed by atoms with E-state index in [0.29, 0.717) is 27.9 Å². The largest absolute Gasteiger partial charge is 0.433 e. The molecule has 4 aromatic rings. The number of anilines is 2. The molecule has 0 unspecified atom stereocenters. The van der Waals surface area contributed by atoms with Gasteiger partial charge in [0.2, 0.25) is 0 Å². The van der Waals surface area contributed by atoms with Gasteiger partial charge in [0.25, 0.3) is 0 Å². The van der Waals surface area contributed by atoms with Crippen LogP contribution in [0.1, 0.15) is 5.69 Å². The molecule has 0 aliphatic heterocycles. The second-order valence-corrected chi connectivity index (χ2v) is 5.34. The summed E-state index contributed by atoms with van der Waals surface area (Å²) in [7, 11) is 0. The van der Waals surface area contributed by atoms with Gasteiger partial charge in [-0.3, -0.25) is 10.1 Å². The smallest absolute Gasteiger partial charge is 0.340 e. The first-order valence-corrected chi connectivity index (χ1v) is 7.14. The Morgan fingerprint density at radius 2 is 1.84 bits per heavy atom. The minimum atomic E-state index is -4.53. The number of H-pyrrole nitrogens is 1. The Morgan fingerprint density at radius 1 is 1.00 bits per heavy atom. The van der Waals surface area contributed by atoms with Crippen molar-refractivity contribution < 1.29 is 17.6 Å². The van der Waals surface area contributed by atoms with Crippen molar-refractivity contribution in [2.75, 3.05) is 5.32 Å². The zero-order valence-electron chi connectivity index (χ0n) is 12.4. The van der Waals surface area contributed by atoms with Crippen LogP contribution in [0.2, 0.25) is 0 Å². The number of nitrogens with one attached hydrogen (secondary N) is 2. The van der Waals surface area contributed by atoms with E-state index in [0.717, 1.165) is 12.4 Å². The normalized spacial score (nSPS) is 12.0. The van der Waals surface area contributed by atoms with Crippen LogP contribution in [0, 0.1) is 5.82 Å². The second kappa shape index (κ2) is 5.40. The van der Waals surface area contributed by atoms with E-state index in [1.54, 1.807) is 6.07 Å². The van der Waals surface area contributed by atoms with Crippen molar-refractivity contribution in [2.45, 2.75) is 6.18 Å². The minimum Gasteiger partial charge on any atom is -0.340 e. The number of fused-ring (bicyclic) bond motifs is 2. The van der Waals surface area contributed by atoms with Gasteiger partial charge < -0.3 is 5.32 Å². The van der Waals surface area contributed by atoms with Crippen molar-refractivity contribution >= 4 is 33.3 Å². The van der Waals surface area contributed by atoms with E-state index in [-0.39, 0.29) is 5.39 Å². The Bertz CT molecular complexity index is 1090. The summed E-state index contributed by atoms with van der Waals surface area (Å²) in [4.78, 5) is 7.26. The monoisotopic (exact) mass is 347 g/mol. The number of hydrogen-bond donors (Lipinski definition) is 2. The van der Waals surface area contributed by atoms with Crippen LogP contribution in [0.25, 0.3) is 21.8 Å². The number of rotatable bonds is 2. The Kier molecular flexibility index (Phi) is 3.31. The van der Waals surface area contributed by atoms with E-state index in [1.807, 2.05) is 0 Å².